The van der Waals surface area contributed by atoms with Crippen molar-refractivity contribution in [2.45, 2.75) is 51.5 Å². The first kappa shape index (κ1) is 13.4. The summed E-state index contributed by atoms with van der Waals surface area (Å²) in [7, 11) is 0. The summed E-state index contributed by atoms with van der Waals surface area (Å²) in [6.07, 6.45) is 7.25. The lowest BCUT2D eigenvalue weighted by molar-refractivity contribution is 0.356. The van der Waals surface area contributed by atoms with Crippen LogP contribution >= 0.6 is 0 Å². The van der Waals surface area contributed by atoms with Crippen LogP contribution in [0, 0.1) is 0 Å². The van der Waals surface area contributed by atoms with E-state index in [9.17, 15) is 0 Å². The third kappa shape index (κ3) is 3.24. The monoisotopic (exact) mass is 248 g/mol. The maximum Gasteiger partial charge on any atom is 0.122 e. The third-order valence-electron chi connectivity index (χ3n) is 3.66. The molecule has 0 radical (unpaired) electrons. The van der Waals surface area contributed by atoms with E-state index in [1.807, 2.05) is 0 Å². The van der Waals surface area contributed by atoms with Crippen LogP contribution in [0.5, 0.6) is 5.75 Å². The molecule has 0 aliphatic carbocycles. The van der Waals surface area contributed by atoms with Crippen molar-refractivity contribution in [2.75, 3.05) is 6.61 Å². The minimum Gasteiger partial charge on any atom is -0.493 e. The second-order valence-electron chi connectivity index (χ2n) is 5.03. The lowest BCUT2D eigenvalue weighted by atomic mass is 9.98. The molecule has 3 heteroatoms. The first-order chi connectivity index (χ1) is 8.85. The van der Waals surface area contributed by atoms with Gasteiger partial charge in [0.05, 0.1) is 6.61 Å². The number of unbranched alkanes of at least 4 members (excludes halogenated alkanes) is 3. The molecule has 18 heavy (non-hydrogen) atoms. The average molecular weight is 248 g/mol. The summed E-state index contributed by atoms with van der Waals surface area (Å²) in [6, 6.07) is 6.72. The van der Waals surface area contributed by atoms with Crippen LogP contribution in [0.1, 0.15) is 56.2 Å². The zero-order valence-corrected chi connectivity index (χ0v) is 11.2. The maximum atomic E-state index is 5.68. The molecule has 0 spiro atoms. The summed E-state index contributed by atoms with van der Waals surface area (Å²) in [5.41, 5.74) is 5.56. The molecule has 1 heterocycles. The SMILES string of the molecule is CCCCCCC(NN)c1ccc2c(c1)CCO2. The van der Waals surface area contributed by atoms with E-state index in [0.717, 1.165) is 25.2 Å². The highest BCUT2D eigenvalue weighted by molar-refractivity contribution is 5.40. The Balaban J connectivity index is 1.94. The predicted molar refractivity (Wildman–Crippen MR) is 74.5 cm³/mol. The molecule has 2 rings (SSSR count). The highest BCUT2D eigenvalue weighted by Gasteiger charge is 2.15. The summed E-state index contributed by atoms with van der Waals surface area (Å²) in [5, 5.41) is 0. The van der Waals surface area contributed by atoms with Gasteiger partial charge in [0.15, 0.2) is 0 Å². The lowest BCUT2D eigenvalue weighted by Crippen LogP contribution is -2.28. The van der Waals surface area contributed by atoms with E-state index in [0.29, 0.717) is 0 Å². The molecule has 3 nitrogen and oxygen atoms in total. The minimum atomic E-state index is 0.271. The second-order valence-corrected chi connectivity index (χ2v) is 5.03. The standard InChI is InChI=1S/C15H24N2O/c1-2-3-4-5-6-14(17-16)12-7-8-15-13(11-12)9-10-18-15/h7-8,11,14,17H,2-6,9-10,16H2,1H3. The molecule has 0 amide bonds. The summed E-state index contributed by atoms with van der Waals surface area (Å²) >= 11 is 0. The average Bonchev–Trinajstić information content (AvgIpc) is 2.86. The number of nitrogens with one attached hydrogen (secondary N) is 1. The molecule has 100 valence electrons. The normalized spacial score (nSPS) is 15.2. The molecule has 0 bridgehead atoms. The van der Waals surface area contributed by atoms with Crippen LogP contribution in [0.15, 0.2) is 18.2 Å². The molecule has 1 aliphatic rings. The Morgan fingerprint density at radius 1 is 1.33 bits per heavy atom. The molecular formula is C15H24N2O. The van der Waals surface area contributed by atoms with Gasteiger partial charge >= 0.3 is 0 Å². The first-order valence-corrected chi connectivity index (χ1v) is 7.07. The van der Waals surface area contributed by atoms with Crippen molar-refractivity contribution in [1.82, 2.24) is 5.43 Å². The number of hydrazine groups is 1. The Bertz CT molecular complexity index is 379. The van der Waals surface area contributed by atoms with Crippen molar-refractivity contribution in [2.24, 2.45) is 5.84 Å². The van der Waals surface area contributed by atoms with Gasteiger partial charge < -0.3 is 4.74 Å². The van der Waals surface area contributed by atoms with Crippen molar-refractivity contribution < 1.29 is 4.74 Å². The van der Waals surface area contributed by atoms with Crippen molar-refractivity contribution in [3.8, 4) is 5.75 Å². The predicted octanol–water partition coefficient (Wildman–Crippen LogP) is 3.10. The van der Waals surface area contributed by atoms with Crippen molar-refractivity contribution >= 4 is 0 Å². The van der Waals surface area contributed by atoms with Crippen molar-refractivity contribution in [1.29, 1.82) is 0 Å². The number of ether oxygens (including phenoxy) is 1. The molecule has 1 aliphatic heterocycles. The van der Waals surface area contributed by atoms with Gasteiger partial charge in [-0.1, -0.05) is 44.7 Å². The quantitative estimate of drug-likeness (QED) is 0.443. The fourth-order valence-corrected chi connectivity index (χ4v) is 2.54. The number of benzene rings is 1. The Morgan fingerprint density at radius 2 is 2.22 bits per heavy atom. The van der Waals surface area contributed by atoms with Crippen LogP contribution in [-0.2, 0) is 6.42 Å². The van der Waals surface area contributed by atoms with Crippen LogP contribution < -0.4 is 16.0 Å². The van der Waals surface area contributed by atoms with Gasteiger partial charge in [-0.2, -0.15) is 0 Å². The molecule has 1 atom stereocenters. The summed E-state index contributed by atoms with van der Waals surface area (Å²) < 4.78 is 5.53. The van der Waals surface area contributed by atoms with Crippen molar-refractivity contribution in [3.63, 3.8) is 0 Å². The molecule has 1 unspecified atom stereocenters. The summed E-state index contributed by atoms with van der Waals surface area (Å²) in [4.78, 5) is 0. The topological polar surface area (TPSA) is 47.3 Å². The van der Waals surface area contributed by atoms with Gasteiger partial charge in [0, 0.05) is 12.5 Å². The van der Waals surface area contributed by atoms with E-state index in [-0.39, 0.29) is 6.04 Å². The molecular weight excluding hydrogens is 224 g/mol. The number of hydrogen-bond donors (Lipinski definition) is 2. The fraction of sp³-hybridized carbons (Fsp3) is 0.600. The van der Waals surface area contributed by atoms with Gasteiger partial charge in [-0.05, 0) is 23.6 Å². The molecule has 3 N–H and O–H groups in total. The number of hydrogen-bond acceptors (Lipinski definition) is 3. The largest absolute Gasteiger partial charge is 0.493 e. The number of fused-ring (bicyclic) bond motifs is 1. The molecule has 0 saturated carbocycles. The molecule has 0 fully saturated rings. The van der Waals surface area contributed by atoms with Crippen LogP contribution in [-0.4, -0.2) is 6.61 Å². The van der Waals surface area contributed by atoms with E-state index in [4.69, 9.17) is 10.6 Å². The molecule has 0 aromatic heterocycles. The summed E-state index contributed by atoms with van der Waals surface area (Å²) in [5.74, 6) is 6.73. The van der Waals surface area contributed by atoms with E-state index in [2.05, 4.69) is 30.5 Å². The Kier molecular flexibility index (Phi) is 5.02. The van der Waals surface area contributed by atoms with Crippen LogP contribution in [0.4, 0.5) is 0 Å². The molecule has 1 aromatic rings. The maximum absolute atomic E-state index is 5.68. The highest BCUT2D eigenvalue weighted by Crippen LogP contribution is 2.29. The minimum absolute atomic E-state index is 0.271. The zero-order valence-electron chi connectivity index (χ0n) is 11.2. The zero-order chi connectivity index (χ0) is 12.8. The smallest absolute Gasteiger partial charge is 0.122 e. The van der Waals surface area contributed by atoms with Gasteiger partial charge in [-0.25, -0.2) is 0 Å². The lowest BCUT2D eigenvalue weighted by Gasteiger charge is -2.17. The summed E-state index contributed by atoms with van der Waals surface area (Å²) in [6.45, 7) is 3.05. The van der Waals surface area contributed by atoms with Gasteiger partial charge in [-0.15, -0.1) is 0 Å². The number of nitrogens with two attached hydrogens (primary N) is 1. The van der Waals surface area contributed by atoms with Gasteiger partial charge in [0.25, 0.3) is 0 Å². The van der Waals surface area contributed by atoms with E-state index in [1.54, 1.807) is 0 Å². The van der Waals surface area contributed by atoms with E-state index in [1.165, 1.54) is 36.8 Å². The number of rotatable bonds is 7. The van der Waals surface area contributed by atoms with Gasteiger partial charge in [0.1, 0.15) is 5.75 Å². The Labute approximate surface area is 110 Å². The Morgan fingerprint density at radius 3 is 3.00 bits per heavy atom. The molecule has 1 aromatic carbocycles. The van der Waals surface area contributed by atoms with Crippen LogP contribution in [0.3, 0.4) is 0 Å². The third-order valence-corrected chi connectivity index (χ3v) is 3.66. The van der Waals surface area contributed by atoms with Crippen LogP contribution in [0.2, 0.25) is 0 Å². The molecule has 0 saturated heterocycles. The van der Waals surface area contributed by atoms with E-state index < -0.39 is 0 Å². The fourth-order valence-electron chi connectivity index (χ4n) is 2.54. The first-order valence-electron chi connectivity index (χ1n) is 7.07. The highest BCUT2D eigenvalue weighted by atomic mass is 16.5. The second kappa shape index (κ2) is 6.76. The van der Waals surface area contributed by atoms with E-state index >= 15 is 0 Å². The van der Waals surface area contributed by atoms with Gasteiger partial charge in [0.2, 0.25) is 0 Å². The van der Waals surface area contributed by atoms with Crippen LogP contribution in [0.25, 0.3) is 0 Å². The van der Waals surface area contributed by atoms with Gasteiger partial charge in [-0.3, -0.25) is 11.3 Å². The Hall–Kier alpha value is -1.06. The van der Waals surface area contributed by atoms with Crippen molar-refractivity contribution in [3.05, 3.63) is 29.3 Å².